The van der Waals surface area contributed by atoms with E-state index in [4.69, 9.17) is 4.74 Å². The third-order valence-electron chi connectivity index (χ3n) is 6.42. The van der Waals surface area contributed by atoms with Crippen LogP contribution in [-0.4, -0.2) is 49.2 Å². The summed E-state index contributed by atoms with van der Waals surface area (Å²) in [7, 11) is -0.198. The summed E-state index contributed by atoms with van der Waals surface area (Å²) in [6.45, 7) is 1.88. The first-order valence-electron chi connectivity index (χ1n) is 11.0. The fourth-order valence-corrected chi connectivity index (χ4v) is 5.19. The van der Waals surface area contributed by atoms with E-state index in [-0.39, 0.29) is 10.5 Å². The van der Waals surface area contributed by atoms with E-state index in [1.54, 1.807) is 32.5 Å². The number of hydrogen-bond donors (Lipinski definition) is 1. The van der Waals surface area contributed by atoms with Gasteiger partial charge >= 0.3 is 0 Å². The van der Waals surface area contributed by atoms with Gasteiger partial charge < -0.3 is 14.6 Å². The van der Waals surface area contributed by atoms with E-state index < -0.39 is 9.84 Å². The standard InChI is InChI=1S/C25H26N4O4S/c1-28-15-23(22-11-19(34(3,31)32)5-7-24(22)33-2)21-10-16(4-6-20(21)25(28)30)17-12-27-29(14-17)18-8-9-26-13-18/h4-7,10-12,14-15,18,26H,8-9,13H2,1-3H3/t18-/m1/s1. The Hall–Kier alpha value is -3.43. The van der Waals surface area contributed by atoms with Crippen molar-refractivity contribution in [2.75, 3.05) is 26.5 Å². The molecule has 2 aromatic heterocycles. The molecule has 1 N–H and O–H groups in total. The Labute approximate surface area is 197 Å². The number of fused-ring (bicyclic) bond motifs is 1. The number of pyridine rings is 1. The van der Waals surface area contributed by atoms with Crippen LogP contribution in [0.5, 0.6) is 5.75 Å². The van der Waals surface area contributed by atoms with Crippen LogP contribution in [0.2, 0.25) is 0 Å². The van der Waals surface area contributed by atoms with Crippen molar-refractivity contribution in [2.45, 2.75) is 17.4 Å². The number of nitrogens with zero attached hydrogens (tertiary/aromatic N) is 3. The molecular weight excluding hydrogens is 452 g/mol. The Bertz CT molecular complexity index is 1560. The molecule has 0 amide bonds. The van der Waals surface area contributed by atoms with E-state index in [0.717, 1.165) is 36.0 Å². The van der Waals surface area contributed by atoms with E-state index in [0.29, 0.717) is 28.3 Å². The summed E-state index contributed by atoms with van der Waals surface area (Å²) < 4.78 is 33.5. The SMILES string of the molecule is COc1ccc(S(C)(=O)=O)cc1-c1cn(C)c(=O)c2ccc(-c3cnn([C@@H]4CCNC4)c3)cc12. The highest BCUT2D eigenvalue weighted by Gasteiger charge is 2.19. The highest BCUT2D eigenvalue weighted by atomic mass is 32.2. The summed E-state index contributed by atoms with van der Waals surface area (Å²) in [5, 5.41) is 9.18. The van der Waals surface area contributed by atoms with Gasteiger partial charge in [0.2, 0.25) is 0 Å². The molecule has 2 aromatic carbocycles. The summed E-state index contributed by atoms with van der Waals surface area (Å²) in [5.41, 5.74) is 3.08. The van der Waals surface area contributed by atoms with Crippen LogP contribution in [0, 0.1) is 0 Å². The van der Waals surface area contributed by atoms with E-state index in [2.05, 4.69) is 10.4 Å². The number of ether oxygens (including phenoxy) is 1. The lowest BCUT2D eigenvalue weighted by Crippen LogP contribution is -2.16. The average molecular weight is 479 g/mol. The van der Waals surface area contributed by atoms with Gasteiger partial charge in [0.1, 0.15) is 5.75 Å². The van der Waals surface area contributed by atoms with Crippen LogP contribution in [0.25, 0.3) is 33.0 Å². The summed E-state index contributed by atoms with van der Waals surface area (Å²) in [4.78, 5) is 13.1. The number of sulfone groups is 1. The molecule has 0 bridgehead atoms. The number of aryl methyl sites for hydroxylation is 1. The van der Waals surface area contributed by atoms with Crippen molar-refractivity contribution in [1.82, 2.24) is 19.7 Å². The van der Waals surface area contributed by atoms with E-state index in [9.17, 15) is 13.2 Å². The third kappa shape index (κ3) is 3.91. The molecule has 5 rings (SSSR count). The highest BCUT2D eigenvalue weighted by molar-refractivity contribution is 7.90. The molecular formula is C25H26N4O4S. The van der Waals surface area contributed by atoms with Gasteiger partial charge in [0.15, 0.2) is 9.84 Å². The number of methoxy groups -OCH3 is 1. The van der Waals surface area contributed by atoms with Crippen LogP contribution in [0.1, 0.15) is 12.5 Å². The van der Waals surface area contributed by atoms with Crippen LogP contribution in [-0.2, 0) is 16.9 Å². The number of nitrogens with one attached hydrogen (secondary N) is 1. The molecule has 4 aromatic rings. The molecule has 0 aliphatic carbocycles. The Morgan fingerprint density at radius 2 is 1.88 bits per heavy atom. The monoisotopic (exact) mass is 478 g/mol. The van der Waals surface area contributed by atoms with E-state index in [1.165, 1.54) is 16.9 Å². The summed E-state index contributed by atoms with van der Waals surface area (Å²) in [6, 6.07) is 10.8. The zero-order valence-corrected chi connectivity index (χ0v) is 20.1. The van der Waals surface area contributed by atoms with E-state index >= 15 is 0 Å². The molecule has 8 nitrogen and oxygen atoms in total. The zero-order valence-electron chi connectivity index (χ0n) is 19.3. The lowest BCUT2D eigenvalue weighted by atomic mass is 9.97. The van der Waals surface area contributed by atoms with Gasteiger partial charge in [0.05, 0.1) is 24.2 Å². The molecule has 3 heterocycles. The predicted molar refractivity (Wildman–Crippen MR) is 132 cm³/mol. The van der Waals surface area contributed by atoms with Crippen LogP contribution in [0.3, 0.4) is 0 Å². The minimum Gasteiger partial charge on any atom is -0.496 e. The molecule has 1 fully saturated rings. The maximum Gasteiger partial charge on any atom is 0.258 e. The van der Waals surface area contributed by atoms with Crippen LogP contribution >= 0.6 is 0 Å². The number of rotatable bonds is 5. The van der Waals surface area contributed by atoms with Gasteiger partial charge in [-0.25, -0.2) is 8.42 Å². The van der Waals surface area contributed by atoms with Crippen molar-refractivity contribution in [2.24, 2.45) is 7.05 Å². The maximum atomic E-state index is 12.9. The second-order valence-electron chi connectivity index (χ2n) is 8.71. The zero-order chi connectivity index (χ0) is 24.0. The molecule has 34 heavy (non-hydrogen) atoms. The second kappa shape index (κ2) is 8.41. The fraction of sp³-hybridized carbons (Fsp3) is 0.280. The minimum atomic E-state index is -3.43. The van der Waals surface area contributed by atoms with Gasteiger partial charge in [-0.3, -0.25) is 9.48 Å². The Kier molecular flexibility index (Phi) is 5.53. The van der Waals surface area contributed by atoms with Crippen molar-refractivity contribution in [1.29, 1.82) is 0 Å². The molecule has 1 atom stereocenters. The van der Waals surface area contributed by atoms with Crippen molar-refractivity contribution in [3.63, 3.8) is 0 Å². The van der Waals surface area contributed by atoms with Gasteiger partial charge in [-0.15, -0.1) is 0 Å². The first kappa shape index (κ1) is 22.4. The minimum absolute atomic E-state index is 0.128. The summed E-state index contributed by atoms with van der Waals surface area (Å²) in [5.74, 6) is 0.527. The Balaban J connectivity index is 1.72. The van der Waals surface area contributed by atoms with Gasteiger partial charge in [-0.1, -0.05) is 6.07 Å². The van der Waals surface area contributed by atoms with Gasteiger partial charge in [0, 0.05) is 54.3 Å². The number of benzene rings is 2. The second-order valence-corrected chi connectivity index (χ2v) is 10.7. The molecule has 0 radical (unpaired) electrons. The van der Waals surface area contributed by atoms with Crippen molar-refractivity contribution in [3.8, 4) is 28.0 Å². The summed E-state index contributed by atoms with van der Waals surface area (Å²) in [6.07, 6.45) is 7.81. The predicted octanol–water partition coefficient (Wildman–Crippen LogP) is 3.02. The number of hydrogen-bond acceptors (Lipinski definition) is 6. The quantitative estimate of drug-likeness (QED) is 0.474. The molecule has 176 valence electrons. The van der Waals surface area contributed by atoms with Crippen LogP contribution in [0.15, 0.2) is 64.7 Å². The lowest BCUT2D eigenvalue weighted by molar-refractivity contribution is 0.416. The highest BCUT2D eigenvalue weighted by Crippen LogP contribution is 2.37. The maximum absolute atomic E-state index is 12.9. The molecule has 9 heteroatoms. The smallest absolute Gasteiger partial charge is 0.258 e. The van der Waals surface area contributed by atoms with E-state index in [1.807, 2.05) is 35.3 Å². The summed E-state index contributed by atoms with van der Waals surface area (Å²) >= 11 is 0. The first-order valence-corrected chi connectivity index (χ1v) is 12.9. The molecule has 0 unspecified atom stereocenters. The fourth-order valence-electron chi connectivity index (χ4n) is 4.54. The average Bonchev–Trinajstić information content (AvgIpc) is 3.52. The topological polar surface area (TPSA) is 95.2 Å². The Morgan fingerprint density at radius 1 is 1.06 bits per heavy atom. The molecule has 1 saturated heterocycles. The van der Waals surface area contributed by atoms with Crippen LogP contribution in [0.4, 0.5) is 0 Å². The van der Waals surface area contributed by atoms with Crippen molar-refractivity contribution >= 4 is 20.6 Å². The normalized spacial score (nSPS) is 16.3. The van der Waals surface area contributed by atoms with Gasteiger partial charge in [0.25, 0.3) is 5.56 Å². The molecule has 1 aliphatic heterocycles. The van der Waals surface area contributed by atoms with Crippen LogP contribution < -0.4 is 15.6 Å². The molecule has 0 spiro atoms. The number of aromatic nitrogens is 3. The first-order chi connectivity index (χ1) is 16.3. The largest absolute Gasteiger partial charge is 0.496 e. The van der Waals surface area contributed by atoms with Crippen molar-refractivity contribution in [3.05, 3.63) is 65.3 Å². The van der Waals surface area contributed by atoms with Gasteiger partial charge in [-0.2, -0.15) is 5.10 Å². The third-order valence-corrected chi connectivity index (χ3v) is 7.53. The molecule has 0 saturated carbocycles. The lowest BCUT2D eigenvalue weighted by Gasteiger charge is -2.15. The molecule has 1 aliphatic rings. The van der Waals surface area contributed by atoms with Gasteiger partial charge in [-0.05, 0) is 54.2 Å². The van der Waals surface area contributed by atoms with Crippen molar-refractivity contribution < 1.29 is 13.2 Å². The Morgan fingerprint density at radius 3 is 2.59 bits per heavy atom.